The summed E-state index contributed by atoms with van der Waals surface area (Å²) in [4.78, 5) is 12.6. The fourth-order valence-electron chi connectivity index (χ4n) is 3.19. The molecule has 1 aliphatic carbocycles. The number of carbonyl (C=O) groups excluding carboxylic acids is 1. The minimum atomic E-state index is -0.0571. The molecule has 1 amide bonds. The van der Waals surface area contributed by atoms with Crippen molar-refractivity contribution in [3.63, 3.8) is 0 Å². The van der Waals surface area contributed by atoms with Crippen LogP contribution in [-0.2, 0) is 4.79 Å². The quantitative estimate of drug-likeness (QED) is 0.796. The second kappa shape index (κ2) is 7.82. The number of nitrogens with one attached hydrogen (secondary N) is 1. The number of halogens is 1. The molecule has 4 heteroatoms. The predicted molar refractivity (Wildman–Crippen MR) is 95.9 cm³/mol. The van der Waals surface area contributed by atoms with Crippen molar-refractivity contribution >= 4 is 17.5 Å². The molecule has 0 saturated heterocycles. The van der Waals surface area contributed by atoms with Gasteiger partial charge in [-0.2, -0.15) is 0 Å². The Morgan fingerprint density at radius 2 is 1.88 bits per heavy atom. The standard InChI is InChI=1S/C20H22ClNO2/c21-18-10-5-4-9-15(18)16-13-17(16)20(24)22-19(11-6-12-23)14-7-2-1-3-8-14/h1-5,7-10,16-17,19,23H,6,11-13H2,(H,22,24). The molecule has 1 aliphatic rings. The molecule has 126 valence electrons. The third-order valence-electron chi connectivity index (χ3n) is 4.60. The topological polar surface area (TPSA) is 49.3 Å². The highest BCUT2D eigenvalue weighted by Gasteiger charge is 2.45. The van der Waals surface area contributed by atoms with Gasteiger partial charge in [0.25, 0.3) is 0 Å². The van der Waals surface area contributed by atoms with Crippen molar-refractivity contribution in [1.29, 1.82) is 0 Å². The summed E-state index contributed by atoms with van der Waals surface area (Å²) < 4.78 is 0. The Balaban J connectivity index is 1.65. The lowest BCUT2D eigenvalue weighted by Gasteiger charge is -2.19. The molecule has 0 bridgehead atoms. The van der Waals surface area contributed by atoms with Gasteiger partial charge in [-0.05, 0) is 42.4 Å². The molecule has 0 radical (unpaired) electrons. The Hall–Kier alpha value is -1.84. The first-order chi connectivity index (χ1) is 11.7. The molecule has 24 heavy (non-hydrogen) atoms. The van der Waals surface area contributed by atoms with E-state index in [1.165, 1.54) is 0 Å². The van der Waals surface area contributed by atoms with E-state index in [0.717, 1.165) is 29.0 Å². The van der Waals surface area contributed by atoms with Gasteiger partial charge in [0, 0.05) is 17.5 Å². The zero-order chi connectivity index (χ0) is 16.9. The molecule has 2 N–H and O–H groups in total. The molecule has 3 atom stereocenters. The highest BCUT2D eigenvalue weighted by atomic mass is 35.5. The average molecular weight is 344 g/mol. The van der Waals surface area contributed by atoms with Crippen molar-refractivity contribution < 1.29 is 9.90 Å². The summed E-state index contributed by atoms with van der Waals surface area (Å²) in [5.41, 5.74) is 2.14. The van der Waals surface area contributed by atoms with Crippen LogP contribution >= 0.6 is 11.6 Å². The van der Waals surface area contributed by atoms with Crippen molar-refractivity contribution in [3.8, 4) is 0 Å². The number of hydrogen-bond acceptors (Lipinski definition) is 2. The Morgan fingerprint density at radius 1 is 1.17 bits per heavy atom. The molecule has 0 aliphatic heterocycles. The van der Waals surface area contributed by atoms with Crippen LogP contribution in [0.2, 0.25) is 5.02 Å². The smallest absolute Gasteiger partial charge is 0.224 e. The molecule has 2 aromatic carbocycles. The molecule has 0 aromatic heterocycles. The summed E-state index contributed by atoms with van der Waals surface area (Å²) in [5, 5.41) is 13.0. The van der Waals surface area contributed by atoms with E-state index in [2.05, 4.69) is 5.32 Å². The van der Waals surface area contributed by atoms with Crippen molar-refractivity contribution in [2.24, 2.45) is 5.92 Å². The highest BCUT2D eigenvalue weighted by Crippen LogP contribution is 2.49. The zero-order valence-electron chi connectivity index (χ0n) is 13.5. The van der Waals surface area contributed by atoms with Crippen LogP contribution in [0, 0.1) is 5.92 Å². The first kappa shape index (κ1) is 17.0. The number of rotatable bonds is 7. The van der Waals surface area contributed by atoms with Crippen LogP contribution in [0.15, 0.2) is 54.6 Å². The summed E-state index contributed by atoms with van der Waals surface area (Å²) in [7, 11) is 0. The maximum absolute atomic E-state index is 12.6. The molecule has 1 saturated carbocycles. The van der Waals surface area contributed by atoms with Crippen LogP contribution in [0.4, 0.5) is 0 Å². The summed E-state index contributed by atoms with van der Waals surface area (Å²) >= 11 is 6.24. The van der Waals surface area contributed by atoms with Gasteiger partial charge in [-0.3, -0.25) is 4.79 Å². The molecule has 2 aromatic rings. The largest absolute Gasteiger partial charge is 0.396 e. The lowest BCUT2D eigenvalue weighted by Crippen LogP contribution is -2.30. The van der Waals surface area contributed by atoms with Crippen LogP contribution in [0.1, 0.15) is 42.3 Å². The second-order valence-corrected chi connectivity index (χ2v) is 6.72. The highest BCUT2D eigenvalue weighted by molar-refractivity contribution is 6.31. The number of carbonyl (C=O) groups is 1. The number of aliphatic hydroxyl groups excluding tert-OH is 1. The van der Waals surface area contributed by atoms with E-state index in [9.17, 15) is 4.79 Å². The Kier molecular flexibility index (Phi) is 5.54. The van der Waals surface area contributed by atoms with E-state index >= 15 is 0 Å². The van der Waals surface area contributed by atoms with Crippen molar-refractivity contribution in [1.82, 2.24) is 5.32 Å². The maximum Gasteiger partial charge on any atom is 0.224 e. The minimum Gasteiger partial charge on any atom is -0.396 e. The molecule has 3 rings (SSSR count). The van der Waals surface area contributed by atoms with Gasteiger partial charge in [0.2, 0.25) is 5.91 Å². The minimum absolute atomic E-state index is 0.00904. The van der Waals surface area contributed by atoms with Gasteiger partial charge in [0.05, 0.1) is 6.04 Å². The number of hydrogen-bond donors (Lipinski definition) is 2. The summed E-state index contributed by atoms with van der Waals surface area (Å²) in [6.45, 7) is 0.130. The van der Waals surface area contributed by atoms with Crippen LogP contribution in [0.5, 0.6) is 0 Å². The maximum atomic E-state index is 12.6. The Morgan fingerprint density at radius 3 is 2.58 bits per heavy atom. The first-order valence-corrected chi connectivity index (χ1v) is 8.79. The number of aliphatic hydroxyl groups is 1. The SMILES string of the molecule is O=C(NC(CCCO)c1ccccc1)C1CC1c1ccccc1Cl. The molecule has 1 fully saturated rings. The molecule has 3 nitrogen and oxygen atoms in total. The fraction of sp³-hybridized carbons (Fsp3) is 0.350. The normalized spacial score (nSPS) is 20.4. The predicted octanol–water partition coefficient (Wildman–Crippen LogP) is 4.07. The third kappa shape index (κ3) is 3.97. The molecule has 3 unspecified atom stereocenters. The first-order valence-electron chi connectivity index (χ1n) is 8.41. The average Bonchev–Trinajstić information content (AvgIpc) is 3.40. The lowest BCUT2D eigenvalue weighted by molar-refractivity contribution is -0.123. The van der Waals surface area contributed by atoms with Crippen LogP contribution in [-0.4, -0.2) is 17.6 Å². The van der Waals surface area contributed by atoms with E-state index in [1.54, 1.807) is 0 Å². The van der Waals surface area contributed by atoms with Gasteiger partial charge in [0.1, 0.15) is 0 Å². The number of benzene rings is 2. The van der Waals surface area contributed by atoms with Crippen molar-refractivity contribution in [3.05, 3.63) is 70.7 Å². The van der Waals surface area contributed by atoms with E-state index < -0.39 is 0 Å². The van der Waals surface area contributed by atoms with E-state index in [4.69, 9.17) is 16.7 Å². The summed E-state index contributed by atoms with van der Waals surface area (Å²) in [5.74, 6) is 0.282. The van der Waals surface area contributed by atoms with E-state index in [-0.39, 0.29) is 30.4 Å². The lowest BCUT2D eigenvalue weighted by atomic mass is 10.0. The molecule has 0 spiro atoms. The van der Waals surface area contributed by atoms with Gasteiger partial charge in [-0.1, -0.05) is 60.1 Å². The Bertz CT molecular complexity index is 689. The molecular weight excluding hydrogens is 322 g/mol. The van der Waals surface area contributed by atoms with Gasteiger partial charge in [-0.25, -0.2) is 0 Å². The van der Waals surface area contributed by atoms with Gasteiger partial charge >= 0.3 is 0 Å². The monoisotopic (exact) mass is 343 g/mol. The van der Waals surface area contributed by atoms with Gasteiger partial charge < -0.3 is 10.4 Å². The van der Waals surface area contributed by atoms with Gasteiger partial charge in [0.15, 0.2) is 0 Å². The van der Waals surface area contributed by atoms with Crippen molar-refractivity contribution in [2.75, 3.05) is 6.61 Å². The second-order valence-electron chi connectivity index (χ2n) is 6.31. The molecule has 0 heterocycles. The third-order valence-corrected chi connectivity index (χ3v) is 4.95. The zero-order valence-corrected chi connectivity index (χ0v) is 14.2. The number of amides is 1. The van der Waals surface area contributed by atoms with E-state index in [0.29, 0.717) is 6.42 Å². The molecular formula is C20H22ClNO2. The summed E-state index contributed by atoms with van der Waals surface area (Å²) in [6, 6.07) is 17.6. The van der Waals surface area contributed by atoms with Crippen LogP contribution in [0.3, 0.4) is 0 Å². The fourth-order valence-corrected chi connectivity index (χ4v) is 3.46. The van der Waals surface area contributed by atoms with E-state index in [1.807, 2.05) is 54.6 Å². The van der Waals surface area contributed by atoms with Gasteiger partial charge in [-0.15, -0.1) is 0 Å². The van der Waals surface area contributed by atoms with Crippen LogP contribution in [0.25, 0.3) is 0 Å². The van der Waals surface area contributed by atoms with Crippen LogP contribution < -0.4 is 5.32 Å². The summed E-state index contributed by atoms with van der Waals surface area (Å²) in [6.07, 6.45) is 2.24. The Labute approximate surface area is 147 Å². The van der Waals surface area contributed by atoms with Crippen molar-refractivity contribution in [2.45, 2.75) is 31.2 Å².